The summed E-state index contributed by atoms with van der Waals surface area (Å²) in [6.45, 7) is 4.02. The van der Waals surface area contributed by atoms with Crippen molar-refractivity contribution in [1.29, 1.82) is 0 Å². The molecular formula is C15H17NO3S. The molecule has 0 fully saturated rings. The van der Waals surface area contributed by atoms with Crippen LogP contribution in [0.3, 0.4) is 0 Å². The van der Waals surface area contributed by atoms with Crippen molar-refractivity contribution in [2.24, 2.45) is 0 Å². The molecular weight excluding hydrogens is 274 g/mol. The summed E-state index contributed by atoms with van der Waals surface area (Å²) in [7, 11) is -3.03. The van der Waals surface area contributed by atoms with Gasteiger partial charge in [0.15, 0.2) is 9.84 Å². The number of nitrogens with one attached hydrogen (secondary N) is 1. The van der Waals surface area contributed by atoms with Crippen LogP contribution in [0, 0.1) is 6.92 Å². The van der Waals surface area contributed by atoms with E-state index in [0.717, 1.165) is 22.3 Å². The number of para-hydroxylation sites is 1. The zero-order chi connectivity index (χ0) is 14.3. The van der Waals surface area contributed by atoms with Crippen LogP contribution in [0.25, 0.3) is 11.0 Å². The third-order valence-electron chi connectivity index (χ3n) is 3.67. The summed E-state index contributed by atoms with van der Waals surface area (Å²) in [6, 6.07) is 7.72. The summed E-state index contributed by atoms with van der Waals surface area (Å²) >= 11 is 0. The Kier molecular flexibility index (Phi) is 3.18. The highest BCUT2D eigenvalue weighted by Gasteiger charge is 2.25. The molecule has 1 aliphatic rings. The maximum atomic E-state index is 11.4. The third kappa shape index (κ3) is 2.39. The number of fused-ring (bicyclic) bond motifs is 1. The first-order valence-electron chi connectivity index (χ1n) is 6.61. The third-order valence-corrected chi connectivity index (χ3v) is 5.06. The number of furan rings is 1. The van der Waals surface area contributed by atoms with Crippen molar-refractivity contribution >= 4 is 20.8 Å². The number of sulfone groups is 1. The SMILES string of the molecule is Cc1c(C(C)NC2C=CS(=O)(=O)C2)oc2ccccc12. The summed E-state index contributed by atoms with van der Waals surface area (Å²) in [5, 5.41) is 5.68. The molecule has 106 valence electrons. The molecule has 1 aromatic carbocycles. The van der Waals surface area contributed by atoms with Crippen molar-refractivity contribution in [1.82, 2.24) is 5.32 Å². The second-order valence-electron chi connectivity index (χ2n) is 5.24. The van der Waals surface area contributed by atoms with Gasteiger partial charge in [-0.15, -0.1) is 0 Å². The van der Waals surface area contributed by atoms with Gasteiger partial charge in [0.05, 0.1) is 11.8 Å². The van der Waals surface area contributed by atoms with Crippen LogP contribution in [-0.2, 0) is 9.84 Å². The molecule has 3 rings (SSSR count). The number of rotatable bonds is 3. The first-order chi connectivity index (χ1) is 9.46. The Bertz CT molecular complexity index is 774. The summed E-state index contributed by atoms with van der Waals surface area (Å²) in [4.78, 5) is 0. The summed E-state index contributed by atoms with van der Waals surface area (Å²) in [5.41, 5.74) is 1.97. The number of hydrogen-bond donors (Lipinski definition) is 1. The van der Waals surface area contributed by atoms with E-state index in [2.05, 4.69) is 5.32 Å². The molecule has 0 saturated carbocycles. The smallest absolute Gasteiger partial charge is 0.173 e. The average molecular weight is 291 g/mol. The van der Waals surface area contributed by atoms with Crippen molar-refractivity contribution < 1.29 is 12.8 Å². The molecule has 0 aliphatic carbocycles. The Morgan fingerprint density at radius 2 is 2.10 bits per heavy atom. The van der Waals surface area contributed by atoms with Gasteiger partial charge in [0.2, 0.25) is 0 Å². The van der Waals surface area contributed by atoms with E-state index >= 15 is 0 Å². The molecule has 0 radical (unpaired) electrons. The highest BCUT2D eigenvalue weighted by atomic mass is 32.2. The van der Waals surface area contributed by atoms with Crippen LogP contribution in [0.4, 0.5) is 0 Å². The first kappa shape index (κ1) is 13.4. The molecule has 20 heavy (non-hydrogen) atoms. The zero-order valence-corrected chi connectivity index (χ0v) is 12.3. The van der Waals surface area contributed by atoms with Gasteiger partial charge in [0.1, 0.15) is 11.3 Å². The van der Waals surface area contributed by atoms with Crippen molar-refractivity contribution in [3.63, 3.8) is 0 Å². The maximum Gasteiger partial charge on any atom is 0.173 e. The van der Waals surface area contributed by atoms with Gasteiger partial charge in [-0.3, -0.25) is 0 Å². The lowest BCUT2D eigenvalue weighted by Gasteiger charge is -2.16. The lowest BCUT2D eigenvalue weighted by atomic mass is 10.1. The zero-order valence-electron chi connectivity index (χ0n) is 11.5. The van der Waals surface area contributed by atoms with Crippen molar-refractivity contribution in [3.8, 4) is 0 Å². The predicted molar refractivity (Wildman–Crippen MR) is 79.2 cm³/mol. The molecule has 4 nitrogen and oxygen atoms in total. The molecule has 5 heteroatoms. The average Bonchev–Trinajstić information content (AvgIpc) is 2.91. The largest absolute Gasteiger partial charge is 0.459 e. The van der Waals surface area contributed by atoms with Gasteiger partial charge in [-0.1, -0.05) is 24.3 Å². The quantitative estimate of drug-likeness (QED) is 0.944. The monoisotopic (exact) mass is 291 g/mol. The van der Waals surface area contributed by atoms with Crippen molar-refractivity contribution in [2.45, 2.75) is 25.9 Å². The molecule has 2 unspecified atom stereocenters. The number of hydrogen-bond acceptors (Lipinski definition) is 4. The van der Waals surface area contributed by atoms with Gasteiger partial charge < -0.3 is 9.73 Å². The van der Waals surface area contributed by atoms with E-state index in [1.54, 1.807) is 6.08 Å². The first-order valence-corrected chi connectivity index (χ1v) is 8.33. The van der Waals surface area contributed by atoms with Gasteiger partial charge in [-0.05, 0) is 25.5 Å². The topological polar surface area (TPSA) is 59.3 Å². The standard InChI is InChI=1S/C15H17NO3S/c1-10-13-5-3-4-6-14(13)19-15(10)11(2)16-12-7-8-20(17,18)9-12/h3-8,11-12,16H,9H2,1-2H3. The summed E-state index contributed by atoms with van der Waals surface area (Å²) < 4.78 is 28.7. The Balaban J connectivity index is 1.84. The van der Waals surface area contributed by atoms with E-state index < -0.39 is 9.84 Å². The molecule has 2 atom stereocenters. The van der Waals surface area contributed by atoms with Gasteiger partial charge >= 0.3 is 0 Å². The van der Waals surface area contributed by atoms with E-state index in [0.29, 0.717) is 0 Å². The maximum absolute atomic E-state index is 11.4. The Hall–Kier alpha value is -1.59. The lowest BCUT2D eigenvalue weighted by Crippen LogP contribution is -2.32. The van der Waals surface area contributed by atoms with E-state index in [1.807, 2.05) is 38.1 Å². The fraction of sp³-hybridized carbons (Fsp3) is 0.333. The minimum Gasteiger partial charge on any atom is -0.459 e. The molecule has 1 aliphatic heterocycles. The molecule has 2 heterocycles. The fourth-order valence-corrected chi connectivity index (χ4v) is 3.93. The van der Waals surface area contributed by atoms with Gasteiger partial charge in [0, 0.05) is 16.8 Å². The van der Waals surface area contributed by atoms with E-state index in [4.69, 9.17) is 4.42 Å². The van der Waals surface area contributed by atoms with Crippen LogP contribution in [-0.4, -0.2) is 20.2 Å². The van der Waals surface area contributed by atoms with Crippen LogP contribution in [0.2, 0.25) is 0 Å². The summed E-state index contributed by atoms with van der Waals surface area (Å²) in [5.74, 6) is 0.986. The van der Waals surface area contributed by atoms with E-state index in [9.17, 15) is 8.42 Å². The Morgan fingerprint density at radius 3 is 2.75 bits per heavy atom. The number of benzene rings is 1. The highest BCUT2D eigenvalue weighted by Crippen LogP contribution is 2.29. The Labute approximate surface area is 118 Å². The summed E-state index contributed by atoms with van der Waals surface area (Å²) in [6.07, 6.45) is 1.70. The molecule has 0 spiro atoms. The predicted octanol–water partition coefficient (Wildman–Crippen LogP) is 2.70. The minimum absolute atomic E-state index is 0.0367. The van der Waals surface area contributed by atoms with Crippen LogP contribution in [0.5, 0.6) is 0 Å². The van der Waals surface area contributed by atoms with E-state index in [1.165, 1.54) is 5.41 Å². The van der Waals surface area contributed by atoms with E-state index in [-0.39, 0.29) is 17.8 Å². The highest BCUT2D eigenvalue weighted by molar-refractivity contribution is 7.94. The van der Waals surface area contributed by atoms with Crippen LogP contribution >= 0.6 is 0 Å². The van der Waals surface area contributed by atoms with Crippen molar-refractivity contribution in [3.05, 3.63) is 47.1 Å². The van der Waals surface area contributed by atoms with Crippen LogP contribution in [0.15, 0.2) is 40.2 Å². The Morgan fingerprint density at radius 1 is 1.35 bits per heavy atom. The molecule has 1 N–H and O–H groups in total. The molecule has 0 bridgehead atoms. The van der Waals surface area contributed by atoms with Gasteiger partial charge in [0.25, 0.3) is 0 Å². The minimum atomic E-state index is -3.03. The van der Waals surface area contributed by atoms with Crippen molar-refractivity contribution in [2.75, 3.05) is 5.75 Å². The van der Waals surface area contributed by atoms with Gasteiger partial charge in [-0.25, -0.2) is 8.42 Å². The lowest BCUT2D eigenvalue weighted by molar-refractivity contribution is 0.435. The molecule has 0 saturated heterocycles. The fourth-order valence-electron chi connectivity index (χ4n) is 2.68. The molecule has 0 amide bonds. The van der Waals surface area contributed by atoms with Gasteiger partial charge in [-0.2, -0.15) is 0 Å². The second kappa shape index (κ2) is 4.75. The number of aryl methyl sites for hydroxylation is 1. The molecule has 1 aromatic heterocycles. The van der Waals surface area contributed by atoms with Crippen LogP contribution in [0.1, 0.15) is 24.3 Å². The second-order valence-corrected chi connectivity index (χ2v) is 7.17. The van der Waals surface area contributed by atoms with Crippen LogP contribution < -0.4 is 5.32 Å². The molecule has 2 aromatic rings. The normalized spacial score (nSPS) is 22.4.